The maximum absolute atomic E-state index is 11.6. The van der Waals surface area contributed by atoms with Crippen molar-refractivity contribution in [3.8, 4) is 0 Å². The summed E-state index contributed by atoms with van der Waals surface area (Å²) in [6.45, 7) is 4.78. The van der Waals surface area contributed by atoms with E-state index in [1.54, 1.807) is 0 Å². The molecule has 0 bridgehead atoms. The Morgan fingerprint density at radius 3 is 2.95 bits per heavy atom. The zero-order chi connectivity index (χ0) is 14.1. The first kappa shape index (κ1) is 15.6. The van der Waals surface area contributed by atoms with Gasteiger partial charge < -0.3 is 14.9 Å². The molecule has 0 fully saturated rings. The van der Waals surface area contributed by atoms with E-state index in [1.807, 2.05) is 6.92 Å². The molecule has 0 aromatic carbocycles. The Hall–Kier alpha value is -1.43. The van der Waals surface area contributed by atoms with Crippen molar-refractivity contribution in [2.45, 2.75) is 46.0 Å². The molecule has 1 unspecified atom stereocenters. The normalized spacial score (nSPS) is 12.4. The molecule has 19 heavy (non-hydrogen) atoms. The molecule has 2 N–H and O–H groups in total. The highest BCUT2D eigenvalue weighted by Gasteiger charge is 2.09. The van der Waals surface area contributed by atoms with Crippen LogP contribution in [-0.4, -0.2) is 34.3 Å². The third-order valence-corrected chi connectivity index (χ3v) is 2.82. The first-order valence-electron chi connectivity index (χ1n) is 6.84. The summed E-state index contributed by atoms with van der Waals surface area (Å²) in [5.74, 6) is 1.48. The van der Waals surface area contributed by atoms with Gasteiger partial charge in [0.25, 0.3) is 0 Å². The fourth-order valence-corrected chi connectivity index (χ4v) is 1.64. The second-order valence-electron chi connectivity index (χ2n) is 4.78. The minimum Gasteiger partial charge on any atom is -0.396 e. The molecule has 1 heterocycles. The monoisotopic (exact) mass is 269 g/mol. The molecule has 1 aromatic heterocycles. The summed E-state index contributed by atoms with van der Waals surface area (Å²) >= 11 is 0. The quantitative estimate of drug-likeness (QED) is 0.700. The molecule has 108 valence electrons. The van der Waals surface area contributed by atoms with Crippen LogP contribution in [-0.2, 0) is 17.6 Å². The number of carbonyl (C=O) groups excluding carboxylic acids is 1. The number of hydrogen-bond acceptors (Lipinski definition) is 5. The van der Waals surface area contributed by atoms with E-state index in [4.69, 9.17) is 9.63 Å². The lowest BCUT2D eigenvalue weighted by Gasteiger charge is -2.10. The van der Waals surface area contributed by atoms with Crippen molar-refractivity contribution < 1.29 is 14.4 Å². The summed E-state index contributed by atoms with van der Waals surface area (Å²) in [6, 6.07) is 0. The second kappa shape index (κ2) is 8.63. The maximum Gasteiger partial charge on any atom is 0.227 e. The van der Waals surface area contributed by atoms with E-state index in [1.165, 1.54) is 0 Å². The molecule has 1 atom stereocenters. The fourth-order valence-electron chi connectivity index (χ4n) is 1.64. The lowest BCUT2D eigenvalue weighted by Crippen LogP contribution is -2.28. The molecular weight excluding hydrogens is 246 g/mol. The topological polar surface area (TPSA) is 88.2 Å². The van der Waals surface area contributed by atoms with Gasteiger partial charge in [-0.25, -0.2) is 0 Å². The van der Waals surface area contributed by atoms with Crippen molar-refractivity contribution in [3.05, 3.63) is 11.7 Å². The van der Waals surface area contributed by atoms with Crippen LogP contribution >= 0.6 is 0 Å². The molecule has 0 aliphatic carbocycles. The molecular formula is C13H23N3O3. The van der Waals surface area contributed by atoms with Gasteiger partial charge in [-0.2, -0.15) is 4.98 Å². The SMILES string of the molecule is CCCc1noc(CCC(=O)NCC(C)CCO)n1. The lowest BCUT2D eigenvalue weighted by molar-refractivity contribution is -0.121. The van der Waals surface area contributed by atoms with E-state index in [0.29, 0.717) is 37.5 Å². The van der Waals surface area contributed by atoms with E-state index in [9.17, 15) is 4.79 Å². The number of rotatable bonds is 9. The Kier molecular flexibility index (Phi) is 7.10. The van der Waals surface area contributed by atoms with Crippen molar-refractivity contribution >= 4 is 5.91 Å². The number of aryl methyl sites for hydroxylation is 2. The summed E-state index contributed by atoms with van der Waals surface area (Å²) in [5, 5.41) is 15.4. The number of aliphatic hydroxyl groups excluding tert-OH is 1. The van der Waals surface area contributed by atoms with Crippen LogP contribution in [0.1, 0.15) is 44.8 Å². The van der Waals surface area contributed by atoms with Gasteiger partial charge in [-0.3, -0.25) is 4.79 Å². The highest BCUT2D eigenvalue weighted by molar-refractivity contribution is 5.75. The Morgan fingerprint density at radius 2 is 2.26 bits per heavy atom. The van der Waals surface area contributed by atoms with Gasteiger partial charge in [0.1, 0.15) is 0 Å². The number of carbonyl (C=O) groups is 1. The molecule has 1 amide bonds. The third kappa shape index (κ3) is 6.33. The number of aromatic nitrogens is 2. The lowest BCUT2D eigenvalue weighted by atomic mass is 10.1. The van der Waals surface area contributed by atoms with E-state index in [-0.39, 0.29) is 18.4 Å². The van der Waals surface area contributed by atoms with Crippen molar-refractivity contribution in [3.63, 3.8) is 0 Å². The Morgan fingerprint density at radius 1 is 1.47 bits per heavy atom. The predicted octanol–water partition coefficient (Wildman–Crippen LogP) is 1.09. The predicted molar refractivity (Wildman–Crippen MR) is 70.5 cm³/mol. The number of amides is 1. The summed E-state index contributed by atoms with van der Waals surface area (Å²) < 4.78 is 5.06. The Balaban J connectivity index is 2.21. The van der Waals surface area contributed by atoms with Crippen LogP contribution in [0.2, 0.25) is 0 Å². The molecule has 0 saturated carbocycles. The van der Waals surface area contributed by atoms with E-state index in [2.05, 4.69) is 22.4 Å². The van der Waals surface area contributed by atoms with Crippen LogP contribution in [0.5, 0.6) is 0 Å². The number of aliphatic hydroxyl groups is 1. The highest BCUT2D eigenvalue weighted by atomic mass is 16.5. The molecule has 0 saturated heterocycles. The van der Waals surface area contributed by atoms with Gasteiger partial charge in [-0.05, 0) is 18.8 Å². The maximum atomic E-state index is 11.6. The zero-order valence-corrected chi connectivity index (χ0v) is 11.7. The standard InChI is InChI=1S/C13H23N3O3/c1-3-4-11-15-13(19-16-11)6-5-12(18)14-9-10(2)7-8-17/h10,17H,3-9H2,1-2H3,(H,14,18). The average Bonchev–Trinajstić information content (AvgIpc) is 2.82. The minimum atomic E-state index is -0.0277. The highest BCUT2D eigenvalue weighted by Crippen LogP contribution is 2.03. The van der Waals surface area contributed by atoms with Crippen molar-refractivity contribution in [1.82, 2.24) is 15.5 Å². The van der Waals surface area contributed by atoms with Crippen LogP contribution in [0.4, 0.5) is 0 Å². The Bertz CT molecular complexity index is 379. The summed E-state index contributed by atoms with van der Waals surface area (Å²) in [6.07, 6.45) is 3.29. The minimum absolute atomic E-state index is 0.0277. The first-order chi connectivity index (χ1) is 9.15. The fraction of sp³-hybridized carbons (Fsp3) is 0.769. The molecule has 0 aliphatic heterocycles. The van der Waals surface area contributed by atoms with Gasteiger partial charge in [0.15, 0.2) is 5.82 Å². The molecule has 6 heteroatoms. The van der Waals surface area contributed by atoms with Crippen LogP contribution in [0.25, 0.3) is 0 Å². The van der Waals surface area contributed by atoms with Gasteiger partial charge in [0.05, 0.1) is 0 Å². The summed E-state index contributed by atoms with van der Waals surface area (Å²) in [4.78, 5) is 15.8. The zero-order valence-electron chi connectivity index (χ0n) is 11.7. The third-order valence-electron chi connectivity index (χ3n) is 2.82. The molecule has 0 aliphatic rings. The van der Waals surface area contributed by atoms with Crippen molar-refractivity contribution in [1.29, 1.82) is 0 Å². The van der Waals surface area contributed by atoms with Gasteiger partial charge in [0.2, 0.25) is 11.8 Å². The van der Waals surface area contributed by atoms with Crippen LogP contribution < -0.4 is 5.32 Å². The molecule has 1 rings (SSSR count). The van der Waals surface area contributed by atoms with Crippen LogP contribution in [0, 0.1) is 5.92 Å². The summed E-state index contributed by atoms with van der Waals surface area (Å²) in [7, 11) is 0. The van der Waals surface area contributed by atoms with Crippen molar-refractivity contribution in [2.75, 3.05) is 13.2 Å². The van der Waals surface area contributed by atoms with Crippen molar-refractivity contribution in [2.24, 2.45) is 5.92 Å². The largest absolute Gasteiger partial charge is 0.396 e. The molecule has 6 nitrogen and oxygen atoms in total. The van der Waals surface area contributed by atoms with Crippen LogP contribution in [0.15, 0.2) is 4.52 Å². The molecule has 0 radical (unpaired) electrons. The second-order valence-corrected chi connectivity index (χ2v) is 4.78. The Labute approximate surface area is 113 Å². The number of nitrogens with zero attached hydrogens (tertiary/aromatic N) is 2. The molecule has 1 aromatic rings. The van der Waals surface area contributed by atoms with Crippen LogP contribution in [0.3, 0.4) is 0 Å². The average molecular weight is 269 g/mol. The van der Waals surface area contributed by atoms with Gasteiger partial charge in [-0.1, -0.05) is 19.0 Å². The smallest absolute Gasteiger partial charge is 0.227 e. The number of nitrogens with one attached hydrogen (secondary N) is 1. The number of hydrogen-bond donors (Lipinski definition) is 2. The molecule has 0 spiro atoms. The van der Waals surface area contributed by atoms with Gasteiger partial charge >= 0.3 is 0 Å². The summed E-state index contributed by atoms with van der Waals surface area (Å²) in [5.41, 5.74) is 0. The van der Waals surface area contributed by atoms with Gasteiger partial charge in [-0.15, -0.1) is 0 Å². The first-order valence-corrected chi connectivity index (χ1v) is 6.84. The van der Waals surface area contributed by atoms with Gasteiger partial charge in [0, 0.05) is 32.4 Å². The van der Waals surface area contributed by atoms with E-state index < -0.39 is 0 Å². The van der Waals surface area contributed by atoms with E-state index >= 15 is 0 Å². The van der Waals surface area contributed by atoms with E-state index in [0.717, 1.165) is 12.8 Å².